The van der Waals surface area contributed by atoms with Crippen molar-refractivity contribution in [3.05, 3.63) is 18.5 Å². The third-order valence-electron chi connectivity index (χ3n) is 3.05. The number of amides is 1. The number of carbonyl (C=O) groups is 2. The Labute approximate surface area is 98.8 Å². The zero-order chi connectivity index (χ0) is 12.3. The Kier molecular flexibility index (Phi) is 3.41. The summed E-state index contributed by atoms with van der Waals surface area (Å²) in [5.74, 6) is -1.06. The van der Waals surface area contributed by atoms with Gasteiger partial charge in [-0.15, -0.1) is 0 Å². The maximum atomic E-state index is 11.9. The van der Waals surface area contributed by atoms with E-state index in [9.17, 15) is 9.59 Å². The summed E-state index contributed by atoms with van der Waals surface area (Å²) in [4.78, 5) is 24.3. The summed E-state index contributed by atoms with van der Waals surface area (Å²) in [7, 11) is 0. The van der Waals surface area contributed by atoms with Crippen LogP contribution >= 0.6 is 0 Å². The van der Waals surface area contributed by atoms with Crippen LogP contribution in [-0.2, 0) is 16.1 Å². The van der Waals surface area contributed by atoms with Crippen LogP contribution in [0.2, 0.25) is 0 Å². The quantitative estimate of drug-likeness (QED) is 0.815. The van der Waals surface area contributed by atoms with Crippen LogP contribution in [0.15, 0.2) is 18.5 Å². The van der Waals surface area contributed by atoms with Crippen molar-refractivity contribution in [3.63, 3.8) is 0 Å². The molecule has 0 saturated carbocycles. The monoisotopic (exact) mass is 237 g/mol. The van der Waals surface area contributed by atoms with Gasteiger partial charge in [-0.3, -0.25) is 14.3 Å². The van der Waals surface area contributed by atoms with Gasteiger partial charge in [0.25, 0.3) is 0 Å². The molecular weight excluding hydrogens is 222 g/mol. The molecule has 6 nitrogen and oxygen atoms in total. The van der Waals surface area contributed by atoms with E-state index in [1.54, 1.807) is 28.0 Å². The minimum absolute atomic E-state index is 0.00228. The van der Waals surface area contributed by atoms with Crippen LogP contribution in [0.3, 0.4) is 0 Å². The van der Waals surface area contributed by atoms with Gasteiger partial charge in [0, 0.05) is 25.5 Å². The SMILES string of the molecule is O=C(O)C1CCN(C(=O)Cn2cccn2)CC1. The Balaban J connectivity index is 1.84. The molecule has 1 saturated heterocycles. The Morgan fingerprint density at radius 3 is 2.59 bits per heavy atom. The molecular formula is C11H15N3O3. The van der Waals surface area contributed by atoms with Crippen LogP contribution in [0, 0.1) is 5.92 Å². The van der Waals surface area contributed by atoms with E-state index >= 15 is 0 Å². The normalized spacial score (nSPS) is 17.1. The van der Waals surface area contributed by atoms with Gasteiger partial charge in [-0.25, -0.2) is 0 Å². The smallest absolute Gasteiger partial charge is 0.306 e. The lowest BCUT2D eigenvalue weighted by Gasteiger charge is -2.30. The van der Waals surface area contributed by atoms with Gasteiger partial charge in [-0.1, -0.05) is 0 Å². The topological polar surface area (TPSA) is 75.4 Å². The number of nitrogens with zero attached hydrogens (tertiary/aromatic N) is 3. The van der Waals surface area contributed by atoms with Crippen LogP contribution < -0.4 is 0 Å². The lowest BCUT2D eigenvalue weighted by molar-refractivity contribution is -0.145. The summed E-state index contributed by atoms with van der Waals surface area (Å²) in [5, 5.41) is 12.8. The maximum absolute atomic E-state index is 11.9. The Morgan fingerprint density at radius 1 is 1.35 bits per heavy atom. The van der Waals surface area contributed by atoms with E-state index < -0.39 is 5.97 Å². The molecule has 2 heterocycles. The number of carboxylic acids is 1. The van der Waals surface area contributed by atoms with E-state index in [0.29, 0.717) is 25.9 Å². The van der Waals surface area contributed by atoms with E-state index in [-0.39, 0.29) is 18.4 Å². The molecule has 0 unspecified atom stereocenters. The number of hydrogen-bond acceptors (Lipinski definition) is 3. The van der Waals surface area contributed by atoms with E-state index in [2.05, 4.69) is 5.10 Å². The standard InChI is InChI=1S/C11H15N3O3/c15-10(8-14-5-1-4-12-14)13-6-2-9(3-7-13)11(16)17/h1,4-5,9H,2-3,6-8H2,(H,16,17). The van der Waals surface area contributed by atoms with Gasteiger partial charge in [0.2, 0.25) is 5.91 Å². The van der Waals surface area contributed by atoms with Crippen LogP contribution in [0.4, 0.5) is 0 Å². The molecule has 0 aromatic carbocycles. The average Bonchev–Trinajstić information content (AvgIpc) is 2.82. The van der Waals surface area contributed by atoms with Crippen LogP contribution in [-0.4, -0.2) is 44.8 Å². The van der Waals surface area contributed by atoms with Gasteiger partial charge in [-0.05, 0) is 18.9 Å². The van der Waals surface area contributed by atoms with E-state index in [4.69, 9.17) is 5.11 Å². The number of likely N-dealkylation sites (tertiary alicyclic amines) is 1. The molecule has 0 aliphatic carbocycles. The highest BCUT2D eigenvalue weighted by molar-refractivity contribution is 5.76. The molecule has 0 bridgehead atoms. The van der Waals surface area contributed by atoms with E-state index in [0.717, 1.165) is 0 Å². The molecule has 1 aromatic heterocycles. The second-order valence-corrected chi connectivity index (χ2v) is 4.20. The highest BCUT2D eigenvalue weighted by Gasteiger charge is 2.26. The van der Waals surface area contributed by atoms with Crippen molar-refractivity contribution in [1.29, 1.82) is 0 Å². The Morgan fingerprint density at radius 2 is 2.06 bits per heavy atom. The number of piperidine rings is 1. The number of rotatable bonds is 3. The summed E-state index contributed by atoms with van der Waals surface area (Å²) >= 11 is 0. The number of carbonyl (C=O) groups excluding carboxylic acids is 1. The zero-order valence-electron chi connectivity index (χ0n) is 9.45. The Bertz CT molecular complexity index is 394. The minimum Gasteiger partial charge on any atom is -0.481 e. The summed E-state index contributed by atoms with van der Waals surface area (Å²) in [6.45, 7) is 1.28. The van der Waals surface area contributed by atoms with E-state index in [1.807, 2.05) is 0 Å². The van der Waals surface area contributed by atoms with Gasteiger partial charge < -0.3 is 10.0 Å². The molecule has 1 aliphatic heterocycles. The van der Waals surface area contributed by atoms with Gasteiger partial charge in [0.1, 0.15) is 6.54 Å². The van der Waals surface area contributed by atoms with Crippen LogP contribution in [0.25, 0.3) is 0 Å². The molecule has 0 radical (unpaired) electrons. The van der Waals surface area contributed by atoms with Crippen molar-refractivity contribution in [3.8, 4) is 0 Å². The lowest BCUT2D eigenvalue weighted by atomic mass is 9.97. The number of hydrogen-bond donors (Lipinski definition) is 1. The molecule has 1 amide bonds. The first-order chi connectivity index (χ1) is 8.16. The van der Waals surface area contributed by atoms with Gasteiger partial charge in [-0.2, -0.15) is 5.10 Å². The van der Waals surface area contributed by atoms with Gasteiger partial charge in [0.15, 0.2) is 0 Å². The molecule has 1 aromatic rings. The van der Waals surface area contributed by atoms with Gasteiger partial charge in [0.05, 0.1) is 5.92 Å². The van der Waals surface area contributed by atoms with Crippen molar-refractivity contribution >= 4 is 11.9 Å². The second-order valence-electron chi connectivity index (χ2n) is 4.20. The zero-order valence-corrected chi connectivity index (χ0v) is 9.45. The molecule has 92 valence electrons. The van der Waals surface area contributed by atoms with E-state index in [1.165, 1.54) is 0 Å². The highest BCUT2D eigenvalue weighted by atomic mass is 16.4. The third kappa shape index (κ3) is 2.83. The summed E-state index contributed by atoms with van der Waals surface area (Å²) in [6, 6.07) is 1.77. The van der Waals surface area contributed by atoms with Crippen molar-refractivity contribution in [2.24, 2.45) is 5.92 Å². The molecule has 6 heteroatoms. The predicted octanol–water partition coefficient (Wildman–Crippen LogP) is 0.206. The van der Waals surface area contributed by atoms with Crippen molar-refractivity contribution in [2.45, 2.75) is 19.4 Å². The first-order valence-corrected chi connectivity index (χ1v) is 5.65. The number of carboxylic acid groups (broad SMARTS) is 1. The summed E-state index contributed by atoms with van der Waals surface area (Å²) in [6.07, 6.45) is 4.45. The fraction of sp³-hybridized carbons (Fsp3) is 0.545. The highest BCUT2D eigenvalue weighted by Crippen LogP contribution is 2.17. The number of aliphatic carboxylic acids is 1. The maximum Gasteiger partial charge on any atom is 0.306 e. The molecule has 17 heavy (non-hydrogen) atoms. The summed E-state index contributed by atoms with van der Waals surface area (Å²) in [5.41, 5.74) is 0. The minimum atomic E-state index is -0.760. The predicted molar refractivity (Wildman–Crippen MR) is 59.2 cm³/mol. The fourth-order valence-corrected chi connectivity index (χ4v) is 2.01. The molecule has 1 N–H and O–H groups in total. The Hall–Kier alpha value is -1.85. The number of aromatic nitrogens is 2. The first kappa shape index (κ1) is 11.6. The van der Waals surface area contributed by atoms with Crippen molar-refractivity contribution in [2.75, 3.05) is 13.1 Å². The molecule has 1 fully saturated rings. The summed E-state index contributed by atoms with van der Waals surface area (Å²) < 4.78 is 1.58. The van der Waals surface area contributed by atoms with Crippen LogP contribution in [0.1, 0.15) is 12.8 Å². The fourth-order valence-electron chi connectivity index (χ4n) is 2.01. The van der Waals surface area contributed by atoms with Crippen molar-refractivity contribution < 1.29 is 14.7 Å². The lowest BCUT2D eigenvalue weighted by Crippen LogP contribution is -2.41. The molecule has 2 rings (SSSR count). The largest absolute Gasteiger partial charge is 0.481 e. The van der Waals surface area contributed by atoms with Crippen LogP contribution in [0.5, 0.6) is 0 Å². The second kappa shape index (κ2) is 4.99. The molecule has 0 atom stereocenters. The third-order valence-corrected chi connectivity index (χ3v) is 3.05. The van der Waals surface area contributed by atoms with Crippen molar-refractivity contribution in [1.82, 2.24) is 14.7 Å². The molecule has 0 spiro atoms. The first-order valence-electron chi connectivity index (χ1n) is 5.65. The van der Waals surface area contributed by atoms with Gasteiger partial charge >= 0.3 is 5.97 Å². The average molecular weight is 237 g/mol. The molecule has 1 aliphatic rings.